The molecule has 4 aliphatic rings. The Balaban J connectivity index is 1.66. The lowest BCUT2D eigenvalue weighted by Crippen LogP contribution is -2.58. The summed E-state index contributed by atoms with van der Waals surface area (Å²) in [4.78, 5) is 13.4. The number of aliphatic hydroxyl groups excluding tert-OH is 1. The Morgan fingerprint density at radius 2 is 1.97 bits per heavy atom. The SMILES string of the molecule is CC[C@H]1CC[C@H]2[C@@H]3C(=O)C=C4C[C@@H](O)CC(OCCC(C)C)[C@]4(C)[C@H]3CC[C@]12C. The minimum Gasteiger partial charge on any atom is -0.393 e. The lowest BCUT2D eigenvalue weighted by Gasteiger charge is -2.59. The van der Waals surface area contributed by atoms with Crippen LogP contribution < -0.4 is 0 Å². The zero-order valence-corrected chi connectivity index (χ0v) is 19.2. The molecule has 0 aromatic rings. The number of fused-ring (bicyclic) bond motifs is 5. The topological polar surface area (TPSA) is 46.5 Å². The summed E-state index contributed by atoms with van der Waals surface area (Å²) in [6.45, 7) is 12.4. The average molecular weight is 403 g/mol. The molecular weight excluding hydrogens is 360 g/mol. The minimum absolute atomic E-state index is 0.0320. The van der Waals surface area contributed by atoms with Crippen LogP contribution in [0, 0.1) is 40.4 Å². The van der Waals surface area contributed by atoms with E-state index in [1.807, 2.05) is 6.08 Å². The van der Waals surface area contributed by atoms with E-state index in [4.69, 9.17) is 4.74 Å². The van der Waals surface area contributed by atoms with E-state index in [-0.39, 0.29) is 23.5 Å². The third kappa shape index (κ3) is 3.35. The van der Waals surface area contributed by atoms with Crippen molar-refractivity contribution in [2.24, 2.45) is 40.4 Å². The quantitative estimate of drug-likeness (QED) is 0.655. The lowest BCUT2D eigenvalue weighted by molar-refractivity contribution is -0.150. The van der Waals surface area contributed by atoms with Crippen molar-refractivity contribution in [3.8, 4) is 0 Å². The monoisotopic (exact) mass is 402 g/mol. The van der Waals surface area contributed by atoms with E-state index in [0.29, 0.717) is 41.8 Å². The second kappa shape index (κ2) is 7.79. The Labute approximate surface area is 177 Å². The van der Waals surface area contributed by atoms with Crippen molar-refractivity contribution < 1.29 is 14.6 Å². The fourth-order valence-electron chi connectivity index (χ4n) is 7.89. The Kier molecular flexibility index (Phi) is 5.79. The predicted molar refractivity (Wildman–Crippen MR) is 116 cm³/mol. The number of hydrogen-bond acceptors (Lipinski definition) is 3. The number of aliphatic hydroxyl groups is 1. The maximum absolute atomic E-state index is 13.4. The third-order valence-corrected chi connectivity index (χ3v) is 9.69. The van der Waals surface area contributed by atoms with Gasteiger partial charge in [-0.15, -0.1) is 0 Å². The molecule has 3 saturated carbocycles. The van der Waals surface area contributed by atoms with Gasteiger partial charge in [0, 0.05) is 24.4 Å². The molecule has 0 radical (unpaired) electrons. The summed E-state index contributed by atoms with van der Waals surface area (Å²) < 4.78 is 6.49. The molecule has 3 fully saturated rings. The zero-order chi connectivity index (χ0) is 21.0. The van der Waals surface area contributed by atoms with Gasteiger partial charge in [0.25, 0.3) is 0 Å². The normalized spacial score (nSPS) is 46.9. The molecule has 4 rings (SSSR count). The molecule has 1 unspecified atom stereocenters. The fourth-order valence-corrected chi connectivity index (χ4v) is 7.89. The number of rotatable bonds is 5. The molecule has 1 N–H and O–H groups in total. The van der Waals surface area contributed by atoms with Gasteiger partial charge in [0.2, 0.25) is 0 Å². The van der Waals surface area contributed by atoms with Crippen LogP contribution in [0.3, 0.4) is 0 Å². The summed E-state index contributed by atoms with van der Waals surface area (Å²) in [7, 11) is 0. The summed E-state index contributed by atoms with van der Waals surface area (Å²) in [5.41, 5.74) is 1.40. The molecule has 29 heavy (non-hydrogen) atoms. The predicted octanol–water partition coefficient (Wildman–Crippen LogP) is 5.56. The van der Waals surface area contributed by atoms with E-state index in [2.05, 4.69) is 34.6 Å². The number of carbonyl (C=O) groups is 1. The Morgan fingerprint density at radius 1 is 1.21 bits per heavy atom. The van der Waals surface area contributed by atoms with Crippen LogP contribution in [0.25, 0.3) is 0 Å². The molecule has 3 nitrogen and oxygen atoms in total. The highest BCUT2D eigenvalue weighted by atomic mass is 16.5. The van der Waals surface area contributed by atoms with E-state index in [0.717, 1.165) is 25.4 Å². The van der Waals surface area contributed by atoms with Crippen LogP contribution in [0.15, 0.2) is 11.6 Å². The van der Waals surface area contributed by atoms with E-state index in [1.54, 1.807) is 0 Å². The number of ether oxygens (including phenoxy) is 1. The Morgan fingerprint density at radius 3 is 2.66 bits per heavy atom. The van der Waals surface area contributed by atoms with Gasteiger partial charge in [-0.2, -0.15) is 0 Å². The van der Waals surface area contributed by atoms with E-state index in [9.17, 15) is 9.90 Å². The van der Waals surface area contributed by atoms with Gasteiger partial charge >= 0.3 is 0 Å². The number of hydrogen-bond donors (Lipinski definition) is 1. The van der Waals surface area contributed by atoms with Crippen LogP contribution in [0.1, 0.15) is 86.0 Å². The van der Waals surface area contributed by atoms with Gasteiger partial charge in [-0.25, -0.2) is 0 Å². The van der Waals surface area contributed by atoms with E-state index < -0.39 is 0 Å². The molecule has 8 atom stereocenters. The molecule has 0 amide bonds. The van der Waals surface area contributed by atoms with Crippen molar-refractivity contribution in [2.75, 3.05) is 6.61 Å². The molecule has 0 heterocycles. The number of carbonyl (C=O) groups excluding carboxylic acids is 1. The minimum atomic E-state index is -0.382. The first-order chi connectivity index (χ1) is 13.7. The van der Waals surface area contributed by atoms with Crippen LogP contribution in [0.4, 0.5) is 0 Å². The highest BCUT2D eigenvalue weighted by Crippen LogP contribution is 2.66. The molecule has 4 aliphatic carbocycles. The Bertz CT molecular complexity index is 667. The van der Waals surface area contributed by atoms with Gasteiger partial charge in [-0.05, 0) is 73.7 Å². The number of allylic oxidation sites excluding steroid dienone is 1. The summed E-state index contributed by atoms with van der Waals surface area (Å²) >= 11 is 0. The maximum atomic E-state index is 13.4. The standard InChI is InChI=1S/C26H42O3/c1-6-17-7-8-20-24-21(9-11-25(17,20)4)26(5)18(14-22(24)28)13-19(27)15-23(26)29-12-10-16(2)3/h14,16-17,19-21,23-24,27H,6-13,15H2,1-5H3/t17-,19+,20-,21-,23?,24-,25+,26-/m0/s1. The van der Waals surface area contributed by atoms with Gasteiger partial charge in [-0.3, -0.25) is 4.79 Å². The zero-order valence-electron chi connectivity index (χ0n) is 19.2. The first-order valence-electron chi connectivity index (χ1n) is 12.3. The molecular formula is C26H42O3. The fraction of sp³-hybridized carbons (Fsp3) is 0.885. The molecule has 0 aromatic carbocycles. The first kappa shape index (κ1) is 21.6. The van der Waals surface area contributed by atoms with Crippen LogP contribution in [0.5, 0.6) is 0 Å². The highest BCUT2D eigenvalue weighted by Gasteiger charge is 2.62. The second-order valence-electron chi connectivity index (χ2n) is 11.5. The largest absolute Gasteiger partial charge is 0.393 e. The van der Waals surface area contributed by atoms with Gasteiger partial charge in [0.05, 0.1) is 12.2 Å². The Hall–Kier alpha value is -0.670. The van der Waals surface area contributed by atoms with Crippen LogP contribution in [0.2, 0.25) is 0 Å². The maximum Gasteiger partial charge on any atom is 0.159 e. The van der Waals surface area contributed by atoms with Gasteiger partial charge < -0.3 is 9.84 Å². The van der Waals surface area contributed by atoms with Crippen molar-refractivity contribution in [3.63, 3.8) is 0 Å². The second-order valence-corrected chi connectivity index (χ2v) is 11.5. The molecule has 164 valence electrons. The summed E-state index contributed by atoms with van der Waals surface area (Å²) in [6.07, 6.45) is 10.1. The van der Waals surface area contributed by atoms with Crippen molar-refractivity contribution in [1.29, 1.82) is 0 Å². The average Bonchev–Trinajstić information content (AvgIpc) is 2.99. The number of ketones is 1. The molecule has 0 spiro atoms. The smallest absolute Gasteiger partial charge is 0.159 e. The molecule has 0 aromatic heterocycles. The summed E-state index contributed by atoms with van der Waals surface area (Å²) in [6, 6.07) is 0. The third-order valence-electron chi connectivity index (χ3n) is 9.69. The van der Waals surface area contributed by atoms with Gasteiger partial charge in [0.1, 0.15) is 0 Å². The molecule has 0 saturated heterocycles. The van der Waals surface area contributed by atoms with Crippen LogP contribution in [-0.2, 0) is 9.53 Å². The summed E-state index contributed by atoms with van der Waals surface area (Å²) in [5.74, 6) is 2.80. The van der Waals surface area contributed by atoms with Crippen molar-refractivity contribution in [3.05, 3.63) is 11.6 Å². The van der Waals surface area contributed by atoms with E-state index in [1.165, 1.54) is 31.3 Å². The highest BCUT2D eigenvalue weighted by molar-refractivity contribution is 5.94. The van der Waals surface area contributed by atoms with Crippen LogP contribution in [-0.4, -0.2) is 29.7 Å². The first-order valence-corrected chi connectivity index (χ1v) is 12.3. The summed E-state index contributed by atoms with van der Waals surface area (Å²) in [5, 5.41) is 10.5. The van der Waals surface area contributed by atoms with Crippen molar-refractivity contribution in [1.82, 2.24) is 0 Å². The van der Waals surface area contributed by atoms with E-state index >= 15 is 0 Å². The molecule has 0 bridgehead atoms. The van der Waals surface area contributed by atoms with Gasteiger partial charge in [0.15, 0.2) is 5.78 Å². The molecule has 3 heteroatoms. The van der Waals surface area contributed by atoms with Crippen LogP contribution >= 0.6 is 0 Å². The lowest BCUT2D eigenvalue weighted by atomic mass is 9.46. The van der Waals surface area contributed by atoms with Crippen molar-refractivity contribution in [2.45, 2.75) is 98.2 Å². The van der Waals surface area contributed by atoms with Gasteiger partial charge in [-0.1, -0.05) is 46.6 Å². The molecule has 0 aliphatic heterocycles. The van der Waals surface area contributed by atoms with Crippen molar-refractivity contribution >= 4 is 5.78 Å².